The van der Waals surface area contributed by atoms with Gasteiger partial charge in [-0.2, -0.15) is 0 Å². The molecule has 0 saturated heterocycles. The number of nitrogens with one attached hydrogen (secondary N) is 1. The lowest BCUT2D eigenvalue weighted by molar-refractivity contribution is 0.0963. The highest BCUT2D eigenvalue weighted by atomic mass is 16.3. The summed E-state index contributed by atoms with van der Waals surface area (Å²) in [7, 11) is 1.95. The molecule has 0 aliphatic heterocycles. The Labute approximate surface area is 113 Å². The van der Waals surface area contributed by atoms with Crippen LogP contribution >= 0.6 is 0 Å². The highest BCUT2D eigenvalue weighted by Gasteiger charge is 2.29. The predicted molar refractivity (Wildman–Crippen MR) is 77.8 cm³/mol. The van der Waals surface area contributed by atoms with E-state index in [2.05, 4.69) is 31.0 Å². The smallest absolute Gasteiger partial charge is 0.0623 e. The van der Waals surface area contributed by atoms with E-state index in [-0.39, 0.29) is 12.1 Å². The van der Waals surface area contributed by atoms with Crippen molar-refractivity contribution in [3.8, 4) is 0 Å². The number of nitrogens with zero attached hydrogens (tertiary/aromatic N) is 1. The molecule has 0 heterocycles. The molecule has 0 radical (unpaired) electrons. The Morgan fingerprint density at radius 3 is 2.39 bits per heavy atom. The Morgan fingerprint density at radius 2 is 1.94 bits per heavy atom. The van der Waals surface area contributed by atoms with Crippen molar-refractivity contribution in [2.75, 3.05) is 26.7 Å². The summed E-state index contributed by atoms with van der Waals surface area (Å²) in [5.41, 5.74) is -0.167. The third-order valence-corrected chi connectivity index (χ3v) is 4.34. The van der Waals surface area contributed by atoms with Crippen LogP contribution in [-0.2, 0) is 0 Å². The van der Waals surface area contributed by atoms with Gasteiger partial charge in [-0.3, -0.25) is 4.90 Å². The molecule has 0 aromatic carbocycles. The first-order chi connectivity index (χ1) is 8.50. The highest BCUT2D eigenvalue weighted by molar-refractivity contribution is 4.88. The van der Waals surface area contributed by atoms with Crippen molar-refractivity contribution < 1.29 is 5.11 Å². The fourth-order valence-corrected chi connectivity index (χ4v) is 2.74. The van der Waals surface area contributed by atoms with Crippen LogP contribution in [-0.4, -0.2) is 48.3 Å². The zero-order valence-corrected chi connectivity index (χ0v) is 12.7. The van der Waals surface area contributed by atoms with Crippen LogP contribution in [0.25, 0.3) is 0 Å². The van der Waals surface area contributed by atoms with E-state index in [9.17, 15) is 5.11 Å². The number of hydrogen-bond acceptors (Lipinski definition) is 3. The first kappa shape index (κ1) is 15.9. The van der Waals surface area contributed by atoms with Crippen LogP contribution in [0.1, 0.15) is 52.9 Å². The van der Waals surface area contributed by atoms with Crippen LogP contribution in [0, 0.1) is 5.92 Å². The summed E-state index contributed by atoms with van der Waals surface area (Å²) in [4.78, 5) is 2.61. The van der Waals surface area contributed by atoms with Gasteiger partial charge in [0.05, 0.1) is 12.1 Å². The first-order valence-electron chi connectivity index (χ1n) is 7.54. The Balaban J connectivity index is 2.58. The molecule has 1 atom stereocenters. The molecule has 1 unspecified atom stereocenters. The van der Waals surface area contributed by atoms with E-state index in [1.807, 2.05) is 7.05 Å². The average Bonchev–Trinajstić information content (AvgIpc) is 2.87. The van der Waals surface area contributed by atoms with Gasteiger partial charge >= 0.3 is 0 Å². The highest BCUT2D eigenvalue weighted by Crippen LogP contribution is 2.25. The third kappa shape index (κ3) is 4.87. The molecule has 1 aliphatic carbocycles. The Hall–Kier alpha value is -0.120. The molecule has 0 amide bonds. The number of rotatable bonds is 8. The summed E-state index contributed by atoms with van der Waals surface area (Å²) in [6.45, 7) is 9.02. The molecule has 3 nitrogen and oxygen atoms in total. The molecule has 3 heteroatoms. The van der Waals surface area contributed by atoms with E-state index < -0.39 is 0 Å². The minimum Gasteiger partial charge on any atom is -0.394 e. The van der Waals surface area contributed by atoms with Crippen LogP contribution in [0.4, 0.5) is 0 Å². The first-order valence-corrected chi connectivity index (χ1v) is 7.54. The summed E-state index contributed by atoms with van der Waals surface area (Å²) in [6, 6.07) is 0.739. The summed E-state index contributed by atoms with van der Waals surface area (Å²) < 4.78 is 0. The van der Waals surface area contributed by atoms with Crippen molar-refractivity contribution in [1.29, 1.82) is 0 Å². The summed E-state index contributed by atoms with van der Waals surface area (Å²) in [6.07, 6.45) is 6.67. The monoisotopic (exact) mass is 256 g/mol. The van der Waals surface area contributed by atoms with Gasteiger partial charge in [0.1, 0.15) is 0 Å². The lowest BCUT2D eigenvalue weighted by Crippen LogP contribution is -2.54. The zero-order chi connectivity index (χ0) is 13.6. The maximum atomic E-state index is 9.57. The van der Waals surface area contributed by atoms with Crippen LogP contribution < -0.4 is 5.32 Å². The minimum absolute atomic E-state index is 0.167. The summed E-state index contributed by atoms with van der Waals surface area (Å²) >= 11 is 0. The Kier molecular flexibility index (Phi) is 6.61. The molecule has 1 fully saturated rings. The van der Waals surface area contributed by atoms with E-state index in [1.54, 1.807) is 0 Å². The molecule has 0 aromatic heterocycles. The number of hydrogen-bond donors (Lipinski definition) is 2. The summed E-state index contributed by atoms with van der Waals surface area (Å²) in [5.74, 6) is 0.754. The maximum absolute atomic E-state index is 9.57. The predicted octanol–water partition coefficient (Wildman–Crippen LogP) is 2.25. The maximum Gasteiger partial charge on any atom is 0.0623 e. The fraction of sp³-hybridized carbons (Fsp3) is 1.00. The SMILES string of the molecule is CNC(C)(CO)CN(CCC(C)C)C1CCCC1. The van der Waals surface area contributed by atoms with Crippen LogP contribution in [0.3, 0.4) is 0 Å². The van der Waals surface area contributed by atoms with Crippen molar-refractivity contribution in [2.24, 2.45) is 5.92 Å². The Bertz CT molecular complexity index is 221. The van der Waals surface area contributed by atoms with E-state index in [1.165, 1.54) is 38.6 Å². The van der Waals surface area contributed by atoms with Crippen molar-refractivity contribution in [2.45, 2.75) is 64.5 Å². The van der Waals surface area contributed by atoms with E-state index in [0.29, 0.717) is 0 Å². The number of likely N-dealkylation sites (N-methyl/N-ethyl adjacent to an activating group) is 1. The molecular weight excluding hydrogens is 224 g/mol. The number of aliphatic hydroxyl groups is 1. The van der Waals surface area contributed by atoms with Gasteiger partial charge in [-0.05, 0) is 45.7 Å². The topological polar surface area (TPSA) is 35.5 Å². The van der Waals surface area contributed by atoms with Crippen molar-refractivity contribution >= 4 is 0 Å². The Morgan fingerprint density at radius 1 is 1.33 bits per heavy atom. The number of aliphatic hydroxyl groups excluding tert-OH is 1. The van der Waals surface area contributed by atoms with Gasteiger partial charge in [-0.1, -0.05) is 26.7 Å². The van der Waals surface area contributed by atoms with E-state index in [0.717, 1.165) is 18.5 Å². The van der Waals surface area contributed by atoms with Crippen molar-refractivity contribution in [3.05, 3.63) is 0 Å². The molecule has 0 bridgehead atoms. The van der Waals surface area contributed by atoms with Gasteiger partial charge in [-0.25, -0.2) is 0 Å². The van der Waals surface area contributed by atoms with Gasteiger partial charge in [0, 0.05) is 12.6 Å². The summed E-state index contributed by atoms with van der Waals surface area (Å²) in [5, 5.41) is 12.8. The standard InChI is InChI=1S/C15H32N2O/c1-13(2)9-10-17(14-7-5-6-8-14)11-15(3,12-18)16-4/h13-14,16,18H,5-12H2,1-4H3. The molecule has 0 aromatic rings. The normalized spacial score (nSPS) is 20.8. The second-order valence-electron chi connectivity index (χ2n) is 6.56. The second kappa shape index (κ2) is 7.46. The zero-order valence-electron chi connectivity index (χ0n) is 12.7. The van der Waals surface area contributed by atoms with Crippen LogP contribution in [0.5, 0.6) is 0 Å². The van der Waals surface area contributed by atoms with Crippen molar-refractivity contribution in [3.63, 3.8) is 0 Å². The molecule has 2 N–H and O–H groups in total. The molecule has 1 saturated carbocycles. The van der Waals surface area contributed by atoms with Crippen molar-refractivity contribution in [1.82, 2.24) is 10.2 Å². The van der Waals surface area contributed by atoms with Gasteiger partial charge in [-0.15, -0.1) is 0 Å². The quantitative estimate of drug-likeness (QED) is 0.699. The fourth-order valence-electron chi connectivity index (χ4n) is 2.74. The van der Waals surface area contributed by atoms with Gasteiger partial charge in [0.2, 0.25) is 0 Å². The largest absolute Gasteiger partial charge is 0.394 e. The average molecular weight is 256 g/mol. The molecule has 1 aliphatic rings. The molecule has 108 valence electrons. The van der Waals surface area contributed by atoms with E-state index >= 15 is 0 Å². The minimum atomic E-state index is -0.167. The third-order valence-electron chi connectivity index (χ3n) is 4.34. The lowest BCUT2D eigenvalue weighted by Gasteiger charge is -2.37. The van der Waals surface area contributed by atoms with Crippen LogP contribution in [0.2, 0.25) is 0 Å². The molecule has 18 heavy (non-hydrogen) atoms. The molecular formula is C15H32N2O. The van der Waals surface area contributed by atoms with Gasteiger partial charge in [0.15, 0.2) is 0 Å². The van der Waals surface area contributed by atoms with E-state index in [4.69, 9.17) is 0 Å². The lowest BCUT2D eigenvalue weighted by atomic mass is 10.0. The molecule has 1 rings (SSSR count). The molecule has 0 spiro atoms. The van der Waals surface area contributed by atoms with Crippen LogP contribution in [0.15, 0.2) is 0 Å². The second-order valence-corrected chi connectivity index (χ2v) is 6.56. The van der Waals surface area contributed by atoms with Gasteiger partial charge in [0.25, 0.3) is 0 Å². The van der Waals surface area contributed by atoms with Gasteiger partial charge < -0.3 is 10.4 Å².